The molecule has 4 nitrogen and oxygen atoms in total. The van der Waals surface area contributed by atoms with Crippen LogP contribution in [0.2, 0.25) is 0 Å². The Hall–Kier alpha value is -1.88. The van der Waals surface area contributed by atoms with Gasteiger partial charge >= 0.3 is 0 Å². The lowest BCUT2D eigenvalue weighted by Crippen LogP contribution is -2.06. The van der Waals surface area contributed by atoms with Gasteiger partial charge in [0.2, 0.25) is 0 Å². The minimum absolute atomic E-state index is 0.0745. The minimum Gasteiger partial charge on any atom is -0.487 e. The first-order valence-electron chi connectivity index (χ1n) is 3.89. The van der Waals surface area contributed by atoms with Crippen LogP contribution in [0.5, 0.6) is 5.75 Å². The van der Waals surface area contributed by atoms with Crippen molar-refractivity contribution < 1.29 is 17.9 Å². The molecule has 15 heavy (non-hydrogen) atoms. The lowest BCUT2D eigenvalue weighted by atomic mass is 10.3. The van der Waals surface area contributed by atoms with E-state index in [9.17, 15) is 13.2 Å². The van der Waals surface area contributed by atoms with Crippen molar-refractivity contribution >= 4 is 5.69 Å². The molecule has 1 rings (SSSR count). The molecule has 0 radical (unpaired) electrons. The summed E-state index contributed by atoms with van der Waals surface area (Å²) in [5.41, 5.74) is 7.99. The van der Waals surface area contributed by atoms with Crippen molar-refractivity contribution in [1.29, 1.82) is 0 Å². The molecular formula is C8H6F3N3O. The van der Waals surface area contributed by atoms with Crippen molar-refractivity contribution in [3.05, 3.63) is 34.5 Å². The fraction of sp³-hybridized carbons (Fsp3) is 0.250. The maximum atomic E-state index is 12.7. The number of ether oxygens (including phenoxy) is 1. The van der Waals surface area contributed by atoms with Crippen molar-refractivity contribution in [1.82, 2.24) is 0 Å². The van der Waals surface area contributed by atoms with Crippen molar-refractivity contribution in [3.63, 3.8) is 0 Å². The molecule has 80 valence electrons. The Kier molecular flexibility index (Phi) is 3.82. The van der Waals surface area contributed by atoms with Gasteiger partial charge in [0, 0.05) is 4.91 Å². The van der Waals surface area contributed by atoms with E-state index in [1.807, 2.05) is 0 Å². The van der Waals surface area contributed by atoms with Crippen LogP contribution >= 0.6 is 0 Å². The third kappa shape index (κ3) is 3.40. The highest BCUT2D eigenvalue weighted by Crippen LogP contribution is 2.28. The predicted octanol–water partition coefficient (Wildman–Crippen LogP) is 3.41. The predicted molar refractivity (Wildman–Crippen MR) is 46.7 cm³/mol. The summed E-state index contributed by atoms with van der Waals surface area (Å²) in [4.78, 5) is 2.43. The Labute approximate surface area is 82.9 Å². The van der Waals surface area contributed by atoms with Gasteiger partial charge in [0.1, 0.15) is 18.2 Å². The molecule has 0 saturated carbocycles. The number of hydrogen-bond acceptors (Lipinski definition) is 2. The van der Waals surface area contributed by atoms with E-state index in [0.29, 0.717) is 0 Å². The van der Waals surface area contributed by atoms with Gasteiger partial charge in [-0.05, 0) is 23.7 Å². The zero-order chi connectivity index (χ0) is 11.3. The van der Waals surface area contributed by atoms with Gasteiger partial charge < -0.3 is 4.74 Å². The summed E-state index contributed by atoms with van der Waals surface area (Å²) in [5, 5.41) is 3.12. The van der Waals surface area contributed by atoms with Gasteiger partial charge in [-0.25, -0.2) is 13.2 Å². The van der Waals surface area contributed by atoms with E-state index in [4.69, 9.17) is 5.53 Å². The molecule has 0 aliphatic carbocycles. The molecule has 1 aromatic rings. The first-order chi connectivity index (χ1) is 7.13. The molecule has 0 atom stereocenters. The molecule has 0 fully saturated rings. The van der Waals surface area contributed by atoms with Gasteiger partial charge in [-0.1, -0.05) is 5.11 Å². The van der Waals surface area contributed by atoms with E-state index in [0.717, 1.165) is 18.2 Å². The zero-order valence-corrected chi connectivity index (χ0v) is 7.40. The van der Waals surface area contributed by atoms with E-state index in [1.54, 1.807) is 0 Å². The van der Waals surface area contributed by atoms with Crippen LogP contribution in [0.15, 0.2) is 23.3 Å². The van der Waals surface area contributed by atoms with Crippen LogP contribution in [0.1, 0.15) is 0 Å². The largest absolute Gasteiger partial charge is 0.487 e. The molecule has 0 N–H and O–H groups in total. The smallest absolute Gasteiger partial charge is 0.272 e. The van der Waals surface area contributed by atoms with Crippen molar-refractivity contribution in [2.24, 2.45) is 5.11 Å². The number of halogens is 3. The van der Waals surface area contributed by atoms with Crippen LogP contribution in [0, 0.1) is 5.82 Å². The molecule has 1 aromatic carbocycles. The van der Waals surface area contributed by atoms with Crippen LogP contribution in [0.4, 0.5) is 18.9 Å². The normalized spacial score (nSPS) is 9.87. The average Bonchev–Trinajstić information content (AvgIpc) is 2.17. The summed E-state index contributed by atoms with van der Waals surface area (Å²) in [6.45, 7) is -0.834. The highest BCUT2D eigenvalue weighted by molar-refractivity contribution is 5.51. The number of hydrogen-bond donors (Lipinski definition) is 0. The van der Waals surface area contributed by atoms with E-state index in [1.165, 1.54) is 0 Å². The first-order valence-corrected chi connectivity index (χ1v) is 3.89. The molecule has 0 amide bonds. The fourth-order valence-electron chi connectivity index (χ4n) is 0.892. The number of alkyl halides is 2. The highest BCUT2D eigenvalue weighted by Gasteiger charge is 2.07. The minimum atomic E-state index is -2.64. The molecule has 7 heteroatoms. The van der Waals surface area contributed by atoms with Crippen LogP contribution in [0.3, 0.4) is 0 Å². The van der Waals surface area contributed by atoms with Gasteiger partial charge in [0.25, 0.3) is 6.43 Å². The molecule has 0 bridgehead atoms. The molecule has 0 heterocycles. The molecule has 0 aromatic heterocycles. The van der Waals surface area contributed by atoms with Gasteiger partial charge in [0.05, 0.1) is 5.69 Å². The van der Waals surface area contributed by atoms with Gasteiger partial charge in [-0.2, -0.15) is 0 Å². The molecule has 0 unspecified atom stereocenters. The third-order valence-corrected chi connectivity index (χ3v) is 1.44. The van der Waals surface area contributed by atoms with Crippen LogP contribution < -0.4 is 4.74 Å². The average molecular weight is 217 g/mol. The van der Waals surface area contributed by atoms with Gasteiger partial charge in [-0.3, -0.25) is 0 Å². The van der Waals surface area contributed by atoms with Crippen molar-refractivity contribution in [2.45, 2.75) is 6.43 Å². The summed E-state index contributed by atoms with van der Waals surface area (Å²) in [5.74, 6) is -0.712. The van der Waals surface area contributed by atoms with Gasteiger partial charge in [0.15, 0.2) is 0 Å². The Balaban J connectivity index is 2.90. The summed E-state index contributed by atoms with van der Waals surface area (Å²) in [6, 6.07) is 3.06. The van der Waals surface area contributed by atoms with E-state index in [2.05, 4.69) is 14.8 Å². The lowest BCUT2D eigenvalue weighted by Gasteiger charge is -2.07. The van der Waals surface area contributed by atoms with Gasteiger partial charge in [-0.15, -0.1) is 0 Å². The maximum Gasteiger partial charge on any atom is 0.272 e. The highest BCUT2D eigenvalue weighted by atomic mass is 19.3. The summed E-state index contributed by atoms with van der Waals surface area (Å²) < 4.78 is 40.9. The second-order valence-corrected chi connectivity index (χ2v) is 2.50. The Morgan fingerprint density at radius 1 is 1.47 bits per heavy atom. The van der Waals surface area contributed by atoms with E-state index in [-0.39, 0.29) is 11.4 Å². The van der Waals surface area contributed by atoms with E-state index < -0.39 is 18.8 Å². The SMILES string of the molecule is [N-]=[N+]=Nc1cc(F)ccc1OCC(F)F. The first kappa shape index (κ1) is 11.2. The summed E-state index contributed by atoms with van der Waals surface area (Å²) in [7, 11) is 0. The second kappa shape index (κ2) is 5.11. The summed E-state index contributed by atoms with van der Waals surface area (Å²) >= 11 is 0. The topological polar surface area (TPSA) is 58.0 Å². The maximum absolute atomic E-state index is 12.7. The fourth-order valence-corrected chi connectivity index (χ4v) is 0.892. The number of rotatable bonds is 4. The number of benzene rings is 1. The standard InChI is InChI=1S/C8H6F3N3O/c9-5-1-2-7(15-4-8(10)11)6(3-5)13-14-12/h1-3,8H,4H2. The molecule has 0 aliphatic heterocycles. The van der Waals surface area contributed by atoms with Crippen molar-refractivity contribution in [2.75, 3.05) is 6.61 Å². The number of nitrogens with zero attached hydrogens (tertiary/aromatic N) is 3. The second-order valence-electron chi connectivity index (χ2n) is 2.50. The van der Waals surface area contributed by atoms with Crippen LogP contribution in [-0.2, 0) is 0 Å². The third-order valence-electron chi connectivity index (χ3n) is 1.44. The Morgan fingerprint density at radius 2 is 2.20 bits per heavy atom. The molecule has 0 spiro atoms. The zero-order valence-electron chi connectivity index (χ0n) is 7.40. The van der Waals surface area contributed by atoms with E-state index >= 15 is 0 Å². The van der Waals surface area contributed by atoms with Crippen LogP contribution in [-0.4, -0.2) is 13.0 Å². The Morgan fingerprint density at radius 3 is 2.80 bits per heavy atom. The molecule has 0 aliphatic rings. The lowest BCUT2D eigenvalue weighted by molar-refractivity contribution is 0.0822. The molecular weight excluding hydrogens is 211 g/mol. The monoisotopic (exact) mass is 217 g/mol. The molecule has 0 saturated heterocycles. The number of azide groups is 1. The van der Waals surface area contributed by atoms with Crippen molar-refractivity contribution in [3.8, 4) is 5.75 Å². The Bertz CT molecular complexity index is 391. The quantitative estimate of drug-likeness (QED) is 0.433. The summed E-state index contributed by atoms with van der Waals surface area (Å²) in [6.07, 6.45) is -2.64. The van der Waals surface area contributed by atoms with Crippen LogP contribution in [0.25, 0.3) is 10.4 Å².